The third kappa shape index (κ3) is 5.36. The van der Waals surface area contributed by atoms with Crippen molar-refractivity contribution in [3.05, 3.63) is 0 Å². The van der Waals surface area contributed by atoms with Crippen molar-refractivity contribution in [2.24, 2.45) is 0 Å². The SMILES string of the molecule is O=C(CCN1CCCC1)NCC(O)C(F)(F)F. The molecule has 0 aromatic carbocycles. The molecule has 1 aliphatic rings. The Morgan fingerprint density at radius 1 is 1.35 bits per heavy atom. The van der Waals surface area contributed by atoms with Crippen LogP contribution in [-0.4, -0.2) is 54.4 Å². The van der Waals surface area contributed by atoms with Crippen LogP contribution in [0.4, 0.5) is 13.2 Å². The van der Waals surface area contributed by atoms with Gasteiger partial charge in [0, 0.05) is 13.0 Å². The van der Waals surface area contributed by atoms with E-state index in [9.17, 15) is 18.0 Å². The van der Waals surface area contributed by atoms with E-state index in [0.717, 1.165) is 25.9 Å². The fourth-order valence-corrected chi connectivity index (χ4v) is 1.68. The number of nitrogens with zero attached hydrogens (tertiary/aromatic N) is 1. The molecule has 1 saturated heterocycles. The predicted molar refractivity (Wildman–Crippen MR) is 55.4 cm³/mol. The summed E-state index contributed by atoms with van der Waals surface area (Å²) < 4.78 is 35.8. The van der Waals surface area contributed by atoms with Gasteiger partial charge in [-0.25, -0.2) is 0 Å². The maximum Gasteiger partial charge on any atom is 0.416 e. The van der Waals surface area contributed by atoms with Crippen molar-refractivity contribution in [1.82, 2.24) is 10.2 Å². The molecule has 7 heteroatoms. The van der Waals surface area contributed by atoms with Crippen molar-refractivity contribution in [2.45, 2.75) is 31.5 Å². The molecule has 1 aliphatic heterocycles. The molecule has 0 aromatic rings. The van der Waals surface area contributed by atoms with E-state index in [4.69, 9.17) is 5.11 Å². The fourth-order valence-electron chi connectivity index (χ4n) is 1.68. The highest BCUT2D eigenvalue weighted by molar-refractivity contribution is 5.76. The lowest BCUT2D eigenvalue weighted by Crippen LogP contribution is -2.41. The van der Waals surface area contributed by atoms with Crippen LogP contribution in [0.1, 0.15) is 19.3 Å². The Morgan fingerprint density at radius 2 is 1.94 bits per heavy atom. The van der Waals surface area contributed by atoms with Crippen LogP contribution in [0.2, 0.25) is 0 Å². The topological polar surface area (TPSA) is 52.6 Å². The molecule has 0 bridgehead atoms. The fraction of sp³-hybridized carbons (Fsp3) is 0.900. The highest BCUT2D eigenvalue weighted by Gasteiger charge is 2.38. The molecule has 0 aliphatic carbocycles. The molecule has 100 valence electrons. The van der Waals surface area contributed by atoms with Gasteiger partial charge in [-0.05, 0) is 25.9 Å². The summed E-state index contributed by atoms with van der Waals surface area (Å²) in [4.78, 5) is 13.3. The van der Waals surface area contributed by atoms with E-state index in [1.165, 1.54) is 0 Å². The number of hydrogen-bond acceptors (Lipinski definition) is 3. The minimum Gasteiger partial charge on any atom is -0.382 e. The smallest absolute Gasteiger partial charge is 0.382 e. The number of aliphatic hydroxyl groups is 1. The van der Waals surface area contributed by atoms with Gasteiger partial charge >= 0.3 is 6.18 Å². The number of carbonyl (C=O) groups is 1. The van der Waals surface area contributed by atoms with Gasteiger partial charge in [0.1, 0.15) is 0 Å². The van der Waals surface area contributed by atoms with Crippen LogP contribution in [-0.2, 0) is 4.79 Å². The number of aliphatic hydroxyl groups excluding tert-OH is 1. The van der Waals surface area contributed by atoms with Gasteiger partial charge in [0.25, 0.3) is 0 Å². The lowest BCUT2D eigenvalue weighted by atomic mass is 10.3. The van der Waals surface area contributed by atoms with Gasteiger partial charge in [0.2, 0.25) is 5.91 Å². The Balaban J connectivity index is 2.12. The minimum atomic E-state index is -4.68. The summed E-state index contributed by atoms with van der Waals surface area (Å²) in [6.45, 7) is 1.67. The predicted octanol–water partition coefficient (Wildman–Crippen LogP) is 0.512. The molecule has 0 spiro atoms. The van der Waals surface area contributed by atoms with Crippen molar-refractivity contribution in [2.75, 3.05) is 26.2 Å². The molecule has 0 aromatic heterocycles. The summed E-state index contributed by atoms with van der Waals surface area (Å²) in [6.07, 6.45) is -4.78. The first-order valence-corrected chi connectivity index (χ1v) is 5.63. The summed E-state index contributed by atoms with van der Waals surface area (Å²) in [5, 5.41) is 10.7. The van der Waals surface area contributed by atoms with Crippen molar-refractivity contribution in [3.63, 3.8) is 0 Å². The summed E-state index contributed by atoms with van der Waals surface area (Å²) >= 11 is 0. The van der Waals surface area contributed by atoms with E-state index in [1.807, 2.05) is 0 Å². The van der Waals surface area contributed by atoms with Gasteiger partial charge in [-0.15, -0.1) is 0 Å². The van der Waals surface area contributed by atoms with Crippen molar-refractivity contribution in [3.8, 4) is 0 Å². The van der Waals surface area contributed by atoms with E-state index in [2.05, 4.69) is 10.2 Å². The summed E-state index contributed by atoms with van der Waals surface area (Å²) in [6, 6.07) is 0. The summed E-state index contributed by atoms with van der Waals surface area (Å²) in [7, 11) is 0. The van der Waals surface area contributed by atoms with E-state index >= 15 is 0 Å². The van der Waals surface area contributed by atoms with Gasteiger partial charge in [-0.3, -0.25) is 4.79 Å². The number of amides is 1. The molecule has 1 amide bonds. The van der Waals surface area contributed by atoms with Crippen LogP contribution >= 0.6 is 0 Å². The van der Waals surface area contributed by atoms with Gasteiger partial charge in [-0.1, -0.05) is 0 Å². The molecule has 2 N–H and O–H groups in total. The Bertz CT molecular complexity index is 252. The molecule has 1 unspecified atom stereocenters. The molecule has 1 heterocycles. The number of nitrogens with one attached hydrogen (secondary N) is 1. The molecule has 1 atom stereocenters. The van der Waals surface area contributed by atoms with Gasteiger partial charge in [0.15, 0.2) is 6.10 Å². The van der Waals surface area contributed by atoms with E-state index in [0.29, 0.717) is 6.54 Å². The van der Waals surface area contributed by atoms with Crippen molar-refractivity contribution < 1.29 is 23.1 Å². The molecule has 17 heavy (non-hydrogen) atoms. The van der Waals surface area contributed by atoms with Crippen LogP contribution in [0.25, 0.3) is 0 Å². The first-order valence-electron chi connectivity index (χ1n) is 5.63. The number of rotatable bonds is 5. The maximum atomic E-state index is 11.9. The second-order valence-corrected chi connectivity index (χ2v) is 4.16. The molecule has 4 nitrogen and oxygen atoms in total. The Hall–Kier alpha value is -0.820. The van der Waals surface area contributed by atoms with Crippen LogP contribution < -0.4 is 5.32 Å². The number of alkyl halides is 3. The first kappa shape index (κ1) is 14.2. The highest BCUT2D eigenvalue weighted by Crippen LogP contribution is 2.19. The Kier molecular flexibility index (Phi) is 5.20. The maximum absolute atomic E-state index is 11.9. The third-order valence-corrected chi connectivity index (χ3v) is 2.72. The molecular weight excluding hydrogens is 237 g/mol. The number of hydrogen-bond donors (Lipinski definition) is 2. The Morgan fingerprint density at radius 3 is 2.47 bits per heavy atom. The zero-order valence-corrected chi connectivity index (χ0v) is 9.46. The Labute approximate surface area is 97.8 Å². The van der Waals surface area contributed by atoms with Crippen LogP contribution in [0.3, 0.4) is 0 Å². The average molecular weight is 254 g/mol. The zero-order valence-electron chi connectivity index (χ0n) is 9.46. The molecule has 1 fully saturated rings. The molecule has 0 radical (unpaired) electrons. The number of halogens is 3. The molecule has 1 rings (SSSR count). The van der Waals surface area contributed by atoms with E-state index in [-0.39, 0.29) is 6.42 Å². The van der Waals surface area contributed by atoms with Gasteiger partial charge in [0.05, 0.1) is 6.54 Å². The monoisotopic (exact) mass is 254 g/mol. The van der Waals surface area contributed by atoms with Gasteiger partial charge in [-0.2, -0.15) is 13.2 Å². The van der Waals surface area contributed by atoms with Crippen molar-refractivity contribution in [1.29, 1.82) is 0 Å². The second-order valence-electron chi connectivity index (χ2n) is 4.16. The third-order valence-electron chi connectivity index (χ3n) is 2.72. The molecular formula is C10H17F3N2O2. The van der Waals surface area contributed by atoms with Crippen LogP contribution in [0.5, 0.6) is 0 Å². The summed E-state index contributed by atoms with van der Waals surface area (Å²) in [5.74, 6) is -0.458. The highest BCUT2D eigenvalue weighted by atomic mass is 19.4. The quantitative estimate of drug-likeness (QED) is 0.751. The van der Waals surface area contributed by atoms with E-state index in [1.54, 1.807) is 0 Å². The molecule has 0 saturated carbocycles. The lowest BCUT2D eigenvalue weighted by Gasteiger charge is -2.16. The number of likely N-dealkylation sites (tertiary alicyclic amines) is 1. The normalized spacial score (nSPS) is 19.3. The summed E-state index contributed by atoms with van der Waals surface area (Å²) in [5.41, 5.74) is 0. The zero-order chi connectivity index (χ0) is 12.9. The van der Waals surface area contributed by atoms with Crippen LogP contribution in [0, 0.1) is 0 Å². The van der Waals surface area contributed by atoms with Crippen molar-refractivity contribution >= 4 is 5.91 Å². The number of carbonyl (C=O) groups excluding carboxylic acids is 1. The van der Waals surface area contributed by atoms with Gasteiger partial charge < -0.3 is 15.3 Å². The van der Waals surface area contributed by atoms with E-state index < -0.39 is 24.7 Å². The largest absolute Gasteiger partial charge is 0.416 e. The lowest BCUT2D eigenvalue weighted by molar-refractivity contribution is -0.201. The van der Waals surface area contributed by atoms with Crippen LogP contribution in [0.15, 0.2) is 0 Å². The standard InChI is InChI=1S/C10H17F3N2O2/c11-10(12,13)8(16)7-14-9(17)3-6-15-4-1-2-5-15/h8,16H,1-7H2,(H,14,17). The second kappa shape index (κ2) is 6.20. The first-order chi connectivity index (χ1) is 7.89. The average Bonchev–Trinajstić information content (AvgIpc) is 2.74. The minimum absolute atomic E-state index is 0.171.